The molecule has 0 aliphatic carbocycles. The van der Waals surface area contributed by atoms with Gasteiger partial charge in [0.25, 0.3) is 0 Å². The third-order valence-electron chi connectivity index (χ3n) is 3.32. The second kappa shape index (κ2) is 8.02. The van der Waals surface area contributed by atoms with Gasteiger partial charge in [0.15, 0.2) is 0 Å². The number of aliphatic hydroxyl groups excluding tert-OH is 1. The van der Waals surface area contributed by atoms with Gasteiger partial charge in [-0.25, -0.2) is 0 Å². The zero-order valence-corrected chi connectivity index (χ0v) is 13.0. The summed E-state index contributed by atoms with van der Waals surface area (Å²) in [5, 5.41) is 9.13. The van der Waals surface area contributed by atoms with Crippen LogP contribution in [0.1, 0.15) is 30.5 Å². The molecule has 20 heavy (non-hydrogen) atoms. The Morgan fingerprint density at radius 1 is 1.20 bits per heavy atom. The van der Waals surface area contributed by atoms with Crippen molar-refractivity contribution in [2.45, 2.75) is 26.3 Å². The standard InChI is InChI=1S/C16H26N2O2/c1-5-10-18(11-12-19)16(20)15(17(3)4)14-8-6-13(2)7-9-14/h6-9,15,19H,5,10-12H2,1-4H3. The highest BCUT2D eigenvalue weighted by Crippen LogP contribution is 2.21. The fourth-order valence-electron chi connectivity index (χ4n) is 2.31. The lowest BCUT2D eigenvalue weighted by Gasteiger charge is -2.30. The Bertz CT molecular complexity index is 409. The molecular formula is C16H26N2O2. The van der Waals surface area contributed by atoms with Crippen molar-refractivity contribution in [3.05, 3.63) is 35.4 Å². The summed E-state index contributed by atoms with van der Waals surface area (Å²) in [6.07, 6.45) is 0.889. The Balaban J connectivity index is 2.99. The molecule has 0 heterocycles. The first-order chi connectivity index (χ1) is 9.51. The molecule has 112 valence electrons. The van der Waals surface area contributed by atoms with Crippen LogP contribution in [-0.4, -0.2) is 54.6 Å². The molecule has 0 aromatic heterocycles. The van der Waals surface area contributed by atoms with Crippen LogP contribution in [0.5, 0.6) is 0 Å². The van der Waals surface area contributed by atoms with E-state index in [9.17, 15) is 4.79 Å². The number of hydrogen-bond acceptors (Lipinski definition) is 3. The summed E-state index contributed by atoms with van der Waals surface area (Å²) < 4.78 is 0. The number of aliphatic hydroxyl groups is 1. The summed E-state index contributed by atoms with van der Waals surface area (Å²) in [4.78, 5) is 16.4. The van der Waals surface area contributed by atoms with Gasteiger partial charge in [-0.3, -0.25) is 9.69 Å². The lowest BCUT2D eigenvalue weighted by Crippen LogP contribution is -2.42. The van der Waals surface area contributed by atoms with Crippen LogP contribution in [0.25, 0.3) is 0 Å². The number of amides is 1. The number of likely N-dealkylation sites (N-methyl/N-ethyl adjacent to an activating group) is 1. The largest absolute Gasteiger partial charge is 0.395 e. The maximum Gasteiger partial charge on any atom is 0.244 e. The Morgan fingerprint density at radius 3 is 2.25 bits per heavy atom. The minimum absolute atomic E-state index is 0.000212. The van der Waals surface area contributed by atoms with E-state index in [-0.39, 0.29) is 18.6 Å². The van der Waals surface area contributed by atoms with Crippen molar-refractivity contribution in [1.29, 1.82) is 0 Å². The van der Waals surface area contributed by atoms with Crippen LogP contribution >= 0.6 is 0 Å². The average Bonchev–Trinajstić information content (AvgIpc) is 2.40. The molecule has 0 aliphatic rings. The van der Waals surface area contributed by atoms with E-state index < -0.39 is 0 Å². The molecule has 1 amide bonds. The van der Waals surface area contributed by atoms with E-state index in [0.717, 1.165) is 12.0 Å². The van der Waals surface area contributed by atoms with Crippen molar-refractivity contribution in [2.75, 3.05) is 33.8 Å². The Labute approximate surface area is 122 Å². The molecular weight excluding hydrogens is 252 g/mol. The molecule has 1 unspecified atom stereocenters. The molecule has 0 spiro atoms. The van der Waals surface area contributed by atoms with Gasteiger partial charge in [-0.05, 0) is 33.0 Å². The molecule has 1 aromatic carbocycles. The van der Waals surface area contributed by atoms with Gasteiger partial charge in [-0.15, -0.1) is 0 Å². The number of nitrogens with zero attached hydrogens (tertiary/aromatic N) is 2. The number of carbonyl (C=O) groups excluding carboxylic acids is 1. The van der Waals surface area contributed by atoms with Gasteiger partial charge in [-0.2, -0.15) is 0 Å². The summed E-state index contributed by atoms with van der Waals surface area (Å²) in [7, 11) is 3.82. The summed E-state index contributed by atoms with van der Waals surface area (Å²) in [5.41, 5.74) is 2.17. The molecule has 1 rings (SSSR count). The van der Waals surface area contributed by atoms with Gasteiger partial charge in [0.2, 0.25) is 5.91 Å². The molecule has 1 N–H and O–H groups in total. The zero-order valence-electron chi connectivity index (χ0n) is 13.0. The van der Waals surface area contributed by atoms with Crippen LogP contribution in [0.3, 0.4) is 0 Å². The highest BCUT2D eigenvalue weighted by atomic mass is 16.3. The lowest BCUT2D eigenvalue weighted by molar-refractivity contribution is -0.137. The molecule has 0 saturated heterocycles. The lowest BCUT2D eigenvalue weighted by atomic mass is 10.0. The predicted molar refractivity (Wildman–Crippen MR) is 81.6 cm³/mol. The van der Waals surface area contributed by atoms with E-state index >= 15 is 0 Å². The van der Waals surface area contributed by atoms with Crippen LogP contribution in [-0.2, 0) is 4.79 Å². The maximum atomic E-state index is 12.7. The third-order valence-corrected chi connectivity index (χ3v) is 3.32. The normalized spacial score (nSPS) is 12.5. The van der Waals surface area contributed by atoms with Crippen molar-refractivity contribution in [3.63, 3.8) is 0 Å². The highest BCUT2D eigenvalue weighted by molar-refractivity contribution is 5.83. The monoisotopic (exact) mass is 278 g/mol. The van der Waals surface area contributed by atoms with Crippen LogP contribution in [0, 0.1) is 6.92 Å². The zero-order chi connectivity index (χ0) is 15.1. The average molecular weight is 278 g/mol. The first kappa shape index (κ1) is 16.7. The van der Waals surface area contributed by atoms with Crippen LogP contribution in [0.4, 0.5) is 0 Å². The quantitative estimate of drug-likeness (QED) is 0.827. The molecule has 0 radical (unpaired) electrons. The van der Waals surface area contributed by atoms with Crippen LogP contribution in [0.15, 0.2) is 24.3 Å². The van der Waals surface area contributed by atoms with Gasteiger partial charge in [0.05, 0.1) is 6.61 Å². The van der Waals surface area contributed by atoms with E-state index in [2.05, 4.69) is 0 Å². The fraction of sp³-hybridized carbons (Fsp3) is 0.562. The Morgan fingerprint density at radius 2 is 1.80 bits per heavy atom. The summed E-state index contributed by atoms with van der Waals surface area (Å²) in [6, 6.07) is 7.75. The summed E-state index contributed by atoms with van der Waals surface area (Å²) in [6.45, 7) is 5.14. The molecule has 1 atom stereocenters. The van der Waals surface area contributed by atoms with Gasteiger partial charge >= 0.3 is 0 Å². The minimum Gasteiger partial charge on any atom is -0.395 e. The minimum atomic E-state index is -0.298. The third kappa shape index (κ3) is 4.32. The van der Waals surface area contributed by atoms with Crippen molar-refractivity contribution >= 4 is 5.91 Å². The predicted octanol–water partition coefficient (Wildman–Crippen LogP) is 1.83. The number of carbonyl (C=O) groups is 1. The number of rotatable bonds is 7. The first-order valence-electron chi connectivity index (χ1n) is 7.13. The molecule has 4 heteroatoms. The van der Waals surface area contributed by atoms with Crippen molar-refractivity contribution in [1.82, 2.24) is 9.80 Å². The van der Waals surface area contributed by atoms with Gasteiger partial charge < -0.3 is 10.0 Å². The highest BCUT2D eigenvalue weighted by Gasteiger charge is 2.27. The van der Waals surface area contributed by atoms with Crippen LogP contribution in [0.2, 0.25) is 0 Å². The number of hydrogen-bond donors (Lipinski definition) is 1. The number of benzene rings is 1. The van der Waals surface area contributed by atoms with Crippen molar-refractivity contribution < 1.29 is 9.90 Å². The molecule has 1 aromatic rings. The van der Waals surface area contributed by atoms with E-state index in [1.54, 1.807) is 4.90 Å². The molecule has 0 fully saturated rings. The topological polar surface area (TPSA) is 43.8 Å². The summed E-state index contributed by atoms with van der Waals surface area (Å²) in [5.74, 6) is 0.0507. The fourth-order valence-corrected chi connectivity index (χ4v) is 2.31. The Kier molecular flexibility index (Phi) is 6.68. The SMILES string of the molecule is CCCN(CCO)C(=O)C(c1ccc(C)cc1)N(C)C. The molecule has 0 saturated carbocycles. The molecule has 0 bridgehead atoms. The smallest absolute Gasteiger partial charge is 0.244 e. The van der Waals surface area contributed by atoms with Gasteiger partial charge in [-0.1, -0.05) is 36.8 Å². The second-order valence-corrected chi connectivity index (χ2v) is 5.33. The Hall–Kier alpha value is -1.39. The van der Waals surface area contributed by atoms with E-state index in [4.69, 9.17) is 5.11 Å². The van der Waals surface area contributed by atoms with Gasteiger partial charge in [0, 0.05) is 13.1 Å². The molecule has 4 nitrogen and oxygen atoms in total. The van der Waals surface area contributed by atoms with Crippen LogP contribution < -0.4 is 0 Å². The maximum absolute atomic E-state index is 12.7. The second-order valence-electron chi connectivity index (χ2n) is 5.33. The van der Waals surface area contributed by atoms with E-state index in [1.807, 2.05) is 57.1 Å². The first-order valence-corrected chi connectivity index (χ1v) is 7.13. The number of aryl methyl sites for hydroxylation is 1. The van der Waals surface area contributed by atoms with Crippen molar-refractivity contribution in [2.24, 2.45) is 0 Å². The van der Waals surface area contributed by atoms with Gasteiger partial charge in [0.1, 0.15) is 6.04 Å². The summed E-state index contributed by atoms with van der Waals surface area (Å²) >= 11 is 0. The van der Waals surface area contributed by atoms with E-state index in [1.165, 1.54) is 5.56 Å². The van der Waals surface area contributed by atoms with E-state index in [0.29, 0.717) is 13.1 Å². The van der Waals surface area contributed by atoms with Crippen molar-refractivity contribution in [3.8, 4) is 0 Å². The molecule has 0 aliphatic heterocycles.